The summed E-state index contributed by atoms with van der Waals surface area (Å²) < 4.78 is 0. The van der Waals surface area contributed by atoms with Gasteiger partial charge in [-0.15, -0.1) is 0 Å². The van der Waals surface area contributed by atoms with Crippen molar-refractivity contribution in [3.63, 3.8) is 0 Å². The minimum Gasteiger partial charge on any atom is -0.396 e. The molecule has 1 unspecified atom stereocenters. The van der Waals surface area contributed by atoms with Crippen LogP contribution in [0.2, 0.25) is 0 Å². The van der Waals surface area contributed by atoms with Gasteiger partial charge in [0, 0.05) is 37.0 Å². The summed E-state index contributed by atoms with van der Waals surface area (Å²) in [5.74, 6) is 0.413. The van der Waals surface area contributed by atoms with Gasteiger partial charge in [-0.1, -0.05) is 36.4 Å². The summed E-state index contributed by atoms with van der Waals surface area (Å²) >= 11 is 0. The summed E-state index contributed by atoms with van der Waals surface area (Å²) in [7, 11) is 0. The number of piperidine rings is 1. The number of benzene rings is 2. The first kappa shape index (κ1) is 17.5. The number of rotatable bonds is 5. The lowest BCUT2D eigenvalue weighted by atomic mass is 9.97. The van der Waals surface area contributed by atoms with Crippen LogP contribution in [0.1, 0.15) is 41.7 Å². The van der Waals surface area contributed by atoms with Gasteiger partial charge in [0.1, 0.15) is 0 Å². The molecule has 0 radical (unpaired) electrons. The van der Waals surface area contributed by atoms with Gasteiger partial charge in [0.15, 0.2) is 0 Å². The Kier molecular flexibility index (Phi) is 5.71. The van der Waals surface area contributed by atoms with Gasteiger partial charge in [-0.25, -0.2) is 0 Å². The molecule has 1 amide bonds. The molecule has 1 heterocycles. The fraction of sp³-hybridized carbons (Fsp3) is 0.381. The zero-order valence-electron chi connectivity index (χ0n) is 14.7. The molecule has 1 fully saturated rings. The fourth-order valence-electron chi connectivity index (χ4n) is 3.32. The highest BCUT2D eigenvalue weighted by Gasteiger charge is 2.23. The minimum atomic E-state index is 0.0763. The Bertz CT molecular complexity index is 694. The largest absolute Gasteiger partial charge is 0.396 e. The topological polar surface area (TPSA) is 52.6 Å². The monoisotopic (exact) mass is 338 g/mol. The van der Waals surface area contributed by atoms with Gasteiger partial charge in [0.2, 0.25) is 0 Å². The number of likely N-dealkylation sites (tertiary alicyclic amines) is 1. The molecule has 2 N–H and O–H groups in total. The van der Waals surface area contributed by atoms with Crippen LogP contribution in [-0.4, -0.2) is 35.6 Å². The van der Waals surface area contributed by atoms with E-state index in [4.69, 9.17) is 0 Å². The molecular formula is C21H26N2O2. The quantitative estimate of drug-likeness (QED) is 0.874. The van der Waals surface area contributed by atoms with Crippen LogP contribution in [0, 0.1) is 5.92 Å². The van der Waals surface area contributed by atoms with E-state index in [1.54, 1.807) is 0 Å². The van der Waals surface area contributed by atoms with Crippen molar-refractivity contribution in [1.29, 1.82) is 0 Å². The summed E-state index contributed by atoms with van der Waals surface area (Å²) in [4.78, 5) is 14.6. The summed E-state index contributed by atoms with van der Waals surface area (Å²) in [6.07, 6.45) is 1.76. The van der Waals surface area contributed by atoms with Gasteiger partial charge in [-0.3, -0.25) is 4.79 Å². The van der Waals surface area contributed by atoms with Crippen molar-refractivity contribution < 1.29 is 9.90 Å². The Morgan fingerprint density at radius 2 is 1.88 bits per heavy atom. The van der Waals surface area contributed by atoms with Crippen LogP contribution in [0.3, 0.4) is 0 Å². The SMILES string of the molecule is CC(Nc1cccc(C(=O)N2CCC(CO)CC2)c1)c1ccccc1. The van der Waals surface area contributed by atoms with E-state index in [1.807, 2.05) is 47.4 Å². The number of nitrogens with one attached hydrogen (secondary N) is 1. The number of amides is 1. The molecule has 132 valence electrons. The highest BCUT2D eigenvalue weighted by molar-refractivity contribution is 5.95. The molecule has 4 nitrogen and oxygen atoms in total. The number of hydrogen-bond acceptors (Lipinski definition) is 3. The predicted molar refractivity (Wildman–Crippen MR) is 101 cm³/mol. The average Bonchev–Trinajstić information content (AvgIpc) is 2.68. The van der Waals surface area contributed by atoms with Crippen molar-refractivity contribution in [3.8, 4) is 0 Å². The lowest BCUT2D eigenvalue weighted by molar-refractivity contribution is 0.0651. The minimum absolute atomic E-state index is 0.0763. The van der Waals surface area contributed by atoms with Crippen molar-refractivity contribution in [1.82, 2.24) is 4.90 Å². The normalized spacial score (nSPS) is 16.5. The first-order valence-corrected chi connectivity index (χ1v) is 8.99. The summed E-state index contributed by atoms with van der Waals surface area (Å²) in [5.41, 5.74) is 2.88. The van der Waals surface area contributed by atoms with Crippen molar-refractivity contribution in [2.45, 2.75) is 25.8 Å². The summed E-state index contributed by atoms with van der Waals surface area (Å²) in [6.45, 7) is 3.78. The molecule has 1 aliphatic rings. The van der Waals surface area contributed by atoms with E-state index < -0.39 is 0 Å². The zero-order chi connectivity index (χ0) is 17.6. The molecule has 0 spiro atoms. The van der Waals surface area contributed by atoms with Crippen molar-refractivity contribution in [2.75, 3.05) is 25.0 Å². The Morgan fingerprint density at radius 1 is 1.16 bits per heavy atom. The van der Waals surface area contributed by atoms with Crippen LogP contribution < -0.4 is 5.32 Å². The Labute approximate surface area is 149 Å². The number of carbonyl (C=O) groups is 1. The van der Waals surface area contributed by atoms with Crippen LogP contribution in [0.25, 0.3) is 0 Å². The third-order valence-electron chi connectivity index (χ3n) is 4.95. The molecule has 0 saturated carbocycles. The molecule has 0 aromatic heterocycles. The molecule has 4 heteroatoms. The van der Waals surface area contributed by atoms with Crippen LogP contribution in [0.5, 0.6) is 0 Å². The predicted octanol–water partition coefficient (Wildman–Crippen LogP) is 3.70. The van der Waals surface area contributed by atoms with Crippen LogP contribution in [0.4, 0.5) is 5.69 Å². The maximum atomic E-state index is 12.7. The third-order valence-corrected chi connectivity index (χ3v) is 4.95. The van der Waals surface area contributed by atoms with Crippen LogP contribution >= 0.6 is 0 Å². The molecular weight excluding hydrogens is 312 g/mol. The molecule has 25 heavy (non-hydrogen) atoms. The van der Waals surface area contributed by atoms with E-state index in [2.05, 4.69) is 24.4 Å². The van der Waals surface area contributed by atoms with Gasteiger partial charge < -0.3 is 15.3 Å². The summed E-state index contributed by atoms with van der Waals surface area (Å²) in [5, 5.41) is 12.7. The van der Waals surface area contributed by atoms with Crippen molar-refractivity contribution in [2.24, 2.45) is 5.92 Å². The van der Waals surface area contributed by atoms with Gasteiger partial charge in [0.25, 0.3) is 5.91 Å². The Balaban J connectivity index is 1.66. The molecule has 3 rings (SSSR count). The second-order valence-electron chi connectivity index (χ2n) is 6.78. The van der Waals surface area contributed by atoms with Crippen LogP contribution in [-0.2, 0) is 0 Å². The van der Waals surface area contributed by atoms with E-state index in [0.29, 0.717) is 11.5 Å². The van der Waals surface area contributed by atoms with E-state index >= 15 is 0 Å². The maximum Gasteiger partial charge on any atom is 0.253 e. The number of aliphatic hydroxyl groups excluding tert-OH is 1. The van der Waals surface area contributed by atoms with E-state index in [9.17, 15) is 9.90 Å². The van der Waals surface area contributed by atoms with Gasteiger partial charge in [-0.2, -0.15) is 0 Å². The van der Waals surface area contributed by atoms with E-state index in [0.717, 1.165) is 31.6 Å². The number of aliphatic hydroxyl groups is 1. The second kappa shape index (κ2) is 8.17. The molecule has 1 saturated heterocycles. The van der Waals surface area contributed by atoms with Gasteiger partial charge >= 0.3 is 0 Å². The van der Waals surface area contributed by atoms with Crippen molar-refractivity contribution >= 4 is 11.6 Å². The molecule has 0 aliphatic carbocycles. The van der Waals surface area contributed by atoms with Gasteiger partial charge in [-0.05, 0) is 49.4 Å². The van der Waals surface area contributed by atoms with Gasteiger partial charge in [0.05, 0.1) is 0 Å². The first-order chi connectivity index (χ1) is 12.2. The molecule has 1 atom stereocenters. The standard InChI is InChI=1S/C21H26N2O2/c1-16(18-6-3-2-4-7-18)22-20-9-5-8-19(14-20)21(25)23-12-10-17(15-24)11-13-23/h2-9,14,16-17,22,24H,10-13,15H2,1H3. The van der Waals surface area contributed by atoms with Crippen LogP contribution in [0.15, 0.2) is 54.6 Å². The van der Waals surface area contributed by atoms with Crippen molar-refractivity contribution in [3.05, 3.63) is 65.7 Å². The molecule has 2 aromatic rings. The highest BCUT2D eigenvalue weighted by atomic mass is 16.3. The molecule has 2 aromatic carbocycles. The molecule has 1 aliphatic heterocycles. The lowest BCUT2D eigenvalue weighted by Gasteiger charge is -2.31. The molecule has 0 bridgehead atoms. The Morgan fingerprint density at radius 3 is 2.56 bits per heavy atom. The lowest BCUT2D eigenvalue weighted by Crippen LogP contribution is -2.39. The number of hydrogen-bond donors (Lipinski definition) is 2. The zero-order valence-corrected chi connectivity index (χ0v) is 14.7. The number of carbonyl (C=O) groups excluding carboxylic acids is 1. The van der Waals surface area contributed by atoms with E-state index in [1.165, 1.54) is 5.56 Å². The highest BCUT2D eigenvalue weighted by Crippen LogP contribution is 2.22. The third kappa shape index (κ3) is 4.40. The first-order valence-electron chi connectivity index (χ1n) is 8.99. The second-order valence-corrected chi connectivity index (χ2v) is 6.78. The number of nitrogens with zero attached hydrogens (tertiary/aromatic N) is 1. The maximum absolute atomic E-state index is 12.7. The van der Waals surface area contributed by atoms with E-state index in [-0.39, 0.29) is 18.6 Å². The average molecular weight is 338 g/mol. The smallest absolute Gasteiger partial charge is 0.253 e. The fourth-order valence-corrected chi connectivity index (χ4v) is 3.32. The number of anilines is 1. The summed E-state index contributed by atoms with van der Waals surface area (Å²) in [6, 6.07) is 18.2. The Hall–Kier alpha value is -2.33.